The van der Waals surface area contributed by atoms with Crippen molar-refractivity contribution < 1.29 is 13.6 Å². The Morgan fingerprint density at radius 2 is 1.74 bits per heavy atom. The highest BCUT2D eigenvalue weighted by atomic mass is 35.5. The smallest absolute Gasteiger partial charge is 0.214 e. The molecule has 0 bridgehead atoms. The van der Waals surface area contributed by atoms with Gasteiger partial charge in [-0.15, -0.1) is 0 Å². The Bertz CT molecular complexity index is 1480. The van der Waals surface area contributed by atoms with Gasteiger partial charge in [-0.05, 0) is 35.9 Å². The van der Waals surface area contributed by atoms with Gasteiger partial charge in [0.05, 0.1) is 49.2 Å². The molecule has 6 rings (SSSR count). The number of quaternary nitrogens is 1. The third-order valence-corrected chi connectivity index (χ3v) is 9.60. The number of para-hydroxylation sites is 1. The van der Waals surface area contributed by atoms with Crippen LogP contribution in [0.4, 0.5) is 5.69 Å². The number of aromatic nitrogens is 2. The van der Waals surface area contributed by atoms with Gasteiger partial charge in [0.2, 0.25) is 5.52 Å². The zero-order chi connectivity index (χ0) is 26.7. The summed E-state index contributed by atoms with van der Waals surface area (Å²) in [5.41, 5.74) is 3.77. The molecule has 2 aromatic heterocycles. The highest BCUT2D eigenvalue weighted by molar-refractivity contribution is 8.03. The Morgan fingerprint density at radius 1 is 0.923 bits per heavy atom. The minimum absolute atomic E-state index is 0.794. The maximum absolute atomic E-state index is 6.52. The Morgan fingerprint density at radius 3 is 2.59 bits per heavy atom. The normalized spacial score (nSPS) is 17.3. The number of anilines is 1. The molecule has 200 valence electrons. The van der Waals surface area contributed by atoms with Crippen LogP contribution in [-0.4, -0.2) is 37.7 Å². The molecule has 0 spiro atoms. The largest absolute Gasteiger partial charge is 0.335 e. The summed E-state index contributed by atoms with van der Waals surface area (Å²) in [6.07, 6.45) is 13.9. The predicted octanol–water partition coefficient (Wildman–Crippen LogP) is 6.70. The van der Waals surface area contributed by atoms with Crippen LogP contribution in [0.25, 0.3) is 17.0 Å². The van der Waals surface area contributed by atoms with Crippen molar-refractivity contribution in [1.82, 2.24) is 0 Å². The molecule has 0 saturated carbocycles. The van der Waals surface area contributed by atoms with E-state index < -0.39 is 0 Å². The molecule has 39 heavy (non-hydrogen) atoms. The Labute approximate surface area is 241 Å². The van der Waals surface area contributed by atoms with Gasteiger partial charge in [0.25, 0.3) is 0 Å². The van der Waals surface area contributed by atoms with Crippen LogP contribution in [-0.2, 0) is 13.1 Å². The van der Waals surface area contributed by atoms with Crippen molar-refractivity contribution in [3.05, 3.63) is 101 Å². The zero-order valence-electron chi connectivity index (χ0n) is 22.8. The number of hydrogen-bond donors (Lipinski definition) is 0. The lowest BCUT2D eigenvalue weighted by Gasteiger charge is -2.28. The van der Waals surface area contributed by atoms with Gasteiger partial charge in [0.1, 0.15) is 6.54 Å². The summed E-state index contributed by atoms with van der Waals surface area (Å²) in [5.74, 6) is 0. The maximum Gasteiger partial charge on any atom is 0.214 e. The molecule has 0 radical (unpaired) electrons. The minimum Gasteiger partial charge on any atom is -0.335 e. The number of fused-ring (bicyclic) bond motifs is 2. The molecule has 2 aliphatic heterocycles. The number of rotatable bonds is 9. The van der Waals surface area contributed by atoms with Crippen LogP contribution >= 0.6 is 23.4 Å². The van der Waals surface area contributed by atoms with Gasteiger partial charge in [-0.2, -0.15) is 4.57 Å². The molecule has 0 N–H and O–H groups in total. The Hall–Kier alpha value is -2.86. The van der Waals surface area contributed by atoms with E-state index in [1.165, 1.54) is 75.5 Å². The van der Waals surface area contributed by atoms with Crippen molar-refractivity contribution in [3.63, 3.8) is 0 Å². The molecule has 2 aliphatic rings. The van der Waals surface area contributed by atoms with Crippen LogP contribution in [0.15, 0.2) is 95.2 Å². The lowest BCUT2D eigenvalue weighted by Crippen LogP contribution is -2.44. The molecule has 2 aromatic carbocycles. The fourth-order valence-corrected chi connectivity index (χ4v) is 7.42. The van der Waals surface area contributed by atoms with Crippen LogP contribution in [0.2, 0.25) is 5.02 Å². The van der Waals surface area contributed by atoms with E-state index in [0.29, 0.717) is 0 Å². The van der Waals surface area contributed by atoms with E-state index in [1.54, 1.807) is 0 Å². The van der Waals surface area contributed by atoms with Gasteiger partial charge in [0.15, 0.2) is 25.1 Å². The van der Waals surface area contributed by atoms with Gasteiger partial charge in [-0.25, -0.2) is 4.57 Å². The summed E-state index contributed by atoms with van der Waals surface area (Å²) < 4.78 is 5.88. The third-order valence-electron chi connectivity index (χ3n) is 8.25. The van der Waals surface area contributed by atoms with Crippen molar-refractivity contribution in [2.45, 2.75) is 43.7 Å². The fraction of sp³-hybridized carbons (Fsp3) is 0.333. The van der Waals surface area contributed by atoms with Crippen molar-refractivity contribution in [2.24, 2.45) is 0 Å². The Balaban J connectivity index is 1.26. The standard InChI is InChI=1S/C33H38ClN4S/c1-38(22-7-8-23-38)24-10-19-36-21-15-27(29-14-13-28(34)26-31(29)36)25-33-37(30-11-3-4-12-32(30)39-33)20-9-18-35-16-5-2-6-17-35/h2-6,11-17,21,25-26H,7-10,18-20,22-24H2,1H3/q+3. The number of benzene rings is 2. The van der Waals surface area contributed by atoms with E-state index in [0.717, 1.165) is 31.1 Å². The quantitative estimate of drug-likeness (QED) is 0.167. The van der Waals surface area contributed by atoms with Gasteiger partial charge >= 0.3 is 0 Å². The molecule has 0 aliphatic carbocycles. The monoisotopic (exact) mass is 557 g/mol. The first-order valence-corrected chi connectivity index (χ1v) is 15.4. The predicted molar refractivity (Wildman–Crippen MR) is 163 cm³/mol. The second kappa shape index (κ2) is 11.7. The molecule has 0 unspecified atom stereocenters. The number of halogens is 1. The van der Waals surface area contributed by atoms with Crippen LogP contribution in [0.5, 0.6) is 0 Å². The first-order valence-electron chi connectivity index (χ1n) is 14.2. The number of pyridine rings is 2. The average Bonchev–Trinajstić information content (AvgIpc) is 3.54. The molecule has 0 amide bonds. The molecule has 1 saturated heterocycles. The second-order valence-electron chi connectivity index (χ2n) is 11.1. The summed E-state index contributed by atoms with van der Waals surface area (Å²) in [5, 5.41) is 3.34. The fourth-order valence-electron chi connectivity index (χ4n) is 6.11. The summed E-state index contributed by atoms with van der Waals surface area (Å²) in [6, 6.07) is 23.7. The van der Waals surface area contributed by atoms with E-state index in [-0.39, 0.29) is 0 Å². The number of aryl methyl sites for hydroxylation is 2. The van der Waals surface area contributed by atoms with Gasteiger partial charge in [-0.1, -0.05) is 41.6 Å². The number of hydrogen-bond acceptors (Lipinski definition) is 2. The van der Waals surface area contributed by atoms with Crippen LogP contribution in [0.1, 0.15) is 31.2 Å². The van der Waals surface area contributed by atoms with Gasteiger partial charge in [0, 0.05) is 60.0 Å². The molecule has 6 heteroatoms. The van der Waals surface area contributed by atoms with E-state index in [2.05, 4.69) is 106 Å². The average molecular weight is 558 g/mol. The summed E-state index contributed by atoms with van der Waals surface area (Å²) in [7, 11) is 2.42. The molecular formula is C33H38ClN4S+3. The van der Waals surface area contributed by atoms with Gasteiger partial charge < -0.3 is 9.38 Å². The number of nitrogens with zero attached hydrogens (tertiary/aromatic N) is 4. The molecular weight excluding hydrogens is 520 g/mol. The molecule has 4 heterocycles. The number of thioether (sulfide) groups is 1. The first kappa shape index (κ1) is 26.4. The first-order chi connectivity index (χ1) is 19.1. The van der Waals surface area contributed by atoms with Crippen molar-refractivity contribution in [1.29, 1.82) is 0 Å². The lowest BCUT2D eigenvalue weighted by molar-refractivity contribution is -0.899. The minimum atomic E-state index is 0.794. The molecule has 0 atom stereocenters. The van der Waals surface area contributed by atoms with Gasteiger partial charge in [-0.3, -0.25) is 0 Å². The third kappa shape index (κ3) is 6.01. The van der Waals surface area contributed by atoms with E-state index >= 15 is 0 Å². The van der Waals surface area contributed by atoms with E-state index in [4.69, 9.17) is 11.6 Å². The zero-order valence-corrected chi connectivity index (χ0v) is 24.4. The summed E-state index contributed by atoms with van der Waals surface area (Å²) in [4.78, 5) is 3.82. The van der Waals surface area contributed by atoms with Crippen LogP contribution in [0, 0.1) is 0 Å². The van der Waals surface area contributed by atoms with Crippen LogP contribution < -0.4 is 14.0 Å². The molecule has 4 nitrogen and oxygen atoms in total. The second-order valence-corrected chi connectivity index (χ2v) is 12.6. The SMILES string of the molecule is C[N+]1(CCC[n+]2ccc(/C=C3\Sc4ccccc4N3CCC[n+]3ccccc3)c3ccc(Cl)cc32)CCCC1. The van der Waals surface area contributed by atoms with E-state index in [1.807, 2.05) is 17.8 Å². The maximum atomic E-state index is 6.52. The van der Waals surface area contributed by atoms with Crippen molar-refractivity contribution >= 4 is 46.0 Å². The summed E-state index contributed by atoms with van der Waals surface area (Å²) in [6.45, 7) is 6.89. The lowest BCUT2D eigenvalue weighted by atomic mass is 10.1. The van der Waals surface area contributed by atoms with Crippen LogP contribution in [0.3, 0.4) is 0 Å². The summed E-state index contributed by atoms with van der Waals surface area (Å²) >= 11 is 8.39. The van der Waals surface area contributed by atoms with Crippen molar-refractivity contribution in [3.8, 4) is 0 Å². The highest BCUT2D eigenvalue weighted by Crippen LogP contribution is 2.46. The highest BCUT2D eigenvalue weighted by Gasteiger charge is 2.28. The Kier molecular flexibility index (Phi) is 7.92. The van der Waals surface area contributed by atoms with E-state index in [9.17, 15) is 0 Å². The molecule has 1 fully saturated rings. The van der Waals surface area contributed by atoms with Crippen molar-refractivity contribution in [2.75, 3.05) is 38.1 Å². The molecule has 4 aromatic rings. The topological polar surface area (TPSA) is 11.0 Å². The number of likely N-dealkylation sites (tertiary alicyclic amines) is 1.